The number of fused-ring (bicyclic) bond motifs is 6. The van der Waals surface area contributed by atoms with E-state index in [0.717, 1.165) is 72.5 Å². The lowest BCUT2D eigenvalue weighted by molar-refractivity contribution is 0.669. The molecule has 0 fully saturated rings. The average molecular weight is 881 g/mol. The van der Waals surface area contributed by atoms with Gasteiger partial charge in [-0.25, -0.2) is 0 Å². The molecule has 0 unspecified atom stereocenters. The molecule has 13 rings (SSSR count). The summed E-state index contributed by atoms with van der Waals surface area (Å²) in [6.07, 6.45) is 0. The third-order valence-electron chi connectivity index (χ3n) is 13.6. The van der Waals surface area contributed by atoms with Gasteiger partial charge in [-0.3, -0.25) is 0 Å². The van der Waals surface area contributed by atoms with Crippen LogP contribution in [0.4, 0.5) is 17.1 Å². The molecular weight excluding hydrogens is 837 g/mol. The maximum absolute atomic E-state index is 6.29. The van der Waals surface area contributed by atoms with Crippen LogP contribution >= 0.6 is 0 Å². The summed E-state index contributed by atoms with van der Waals surface area (Å²) in [7, 11) is 0. The lowest BCUT2D eigenvalue weighted by Crippen LogP contribution is -2.11. The Morgan fingerprint density at radius 1 is 0.275 bits per heavy atom. The van der Waals surface area contributed by atoms with Crippen LogP contribution in [0.5, 0.6) is 0 Å². The summed E-state index contributed by atoms with van der Waals surface area (Å²) in [4.78, 5) is 2.39. The van der Waals surface area contributed by atoms with Crippen molar-refractivity contribution < 1.29 is 4.42 Å². The molecule has 0 aliphatic carbocycles. The molecule has 0 amide bonds. The van der Waals surface area contributed by atoms with Crippen molar-refractivity contribution in [2.45, 2.75) is 0 Å². The van der Waals surface area contributed by atoms with Crippen molar-refractivity contribution >= 4 is 60.8 Å². The fourth-order valence-electron chi connectivity index (χ4n) is 10.3. The van der Waals surface area contributed by atoms with E-state index >= 15 is 0 Å². The molecule has 0 atom stereocenters. The molecule has 0 spiro atoms. The number of hydrogen-bond acceptors (Lipinski definition) is 2. The van der Waals surface area contributed by atoms with Gasteiger partial charge in [-0.2, -0.15) is 0 Å². The van der Waals surface area contributed by atoms with Crippen LogP contribution in [-0.2, 0) is 0 Å². The molecule has 0 bridgehead atoms. The maximum Gasteiger partial charge on any atom is 0.136 e. The highest BCUT2D eigenvalue weighted by Crippen LogP contribution is 2.45. The SMILES string of the molecule is c1ccc(-c2ccccc2-c2ccccc2N(c2ccc(-c3cccc(-c4cccc(-n5c6ccccc6c6ccccc65)c4)c3)cc2)c2ccc(-c3ccc4c(c3)oc3ccccc34)cc2)cc1. The second-order valence-electron chi connectivity index (χ2n) is 17.7. The van der Waals surface area contributed by atoms with Gasteiger partial charge in [0.05, 0.1) is 16.7 Å². The number of hydrogen-bond donors (Lipinski definition) is 0. The summed E-state index contributed by atoms with van der Waals surface area (Å²) in [6, 6.07) is 96.1. The van der Waals surface area contributed by atoms with E-state index in [1.165, 1.54) is 49.6 Å². The molecule has 0 radical (unpaired) electrons. The number of aromatic nitrogens is 1. The molecule has 0 aliphatic heterocycles. The molecule has 3 nitrogen and oxygen atoms in total. The molecular formula is C66H44N2O. The van der Waals surface area contributed by atoms with Gasteiger partial charge in [0, 0.05) is 44.2 Å². The van der Waals surface area contributed by atoms with Gasteiger partial charge in [-0.05, 0) is 129 Å². The Balaban J connectivity index is 0.883. The van der Waals surface area contributed by atoms with E-state index in [2.05, 4.69) is 264 Å². The second-order valence-corrected chi connectivity index (χ2v) is 17.7. The number of rotatable bonds is 9. The van der Waals surface area contributed by atoms with Crippen LogP contribution in [0.2, 0.25) is 0 Å². The topological polar surface area (TPSA) is 21.3 Å². The van der Waals surface area contributed by atoms with Crippen LogP contribution in [0, 0.1) is 0 Å². The average Bonchev–Trinajstić information content (AvgIpc) is 3.97. The number of nitrogens with zero attached hydrogens (tertiary/aromatic N) is 2. The van der Waals surface area contributed by atoms with Crippen LogP contribution < -0.4 is 4.90 Å². The Hall–Kier alpha value is -9.18. The van der Waals surface area contributed by atoms with Crippen molar-refractivity contribution in [3.8, 4) is 61.3 Å². The molecule has 2 aromatic heterocycles. The largest absolute Gasteiger partial charge is 0.456 e. The molecule has 0 N–H and O–H groups in total. The number of furan rings is 1. The van der Waals surface area contributed by atoms with Crippen molar-refractivity contribution in [1.29, 1.82) is 0 Å². The van der Waals surface area contributed by atoms with Gasteiger partial charge in [-0.1, -0.05) is 188 Å². The highest BCUT2D eigenvalue weighted by atomic mass is 16.3. The normalized spacial score (nSPS) is 11.5. The molecule has 69 heavy (non-hydrogen) atoms. The van der Waals surface area contributed by atoms with Crippen LogP contribution in [0.3, 0.4) is 0 Å². The predicted octanol–water partition coefficient (Wildman–Crippen LogP) is 18.5. The summed E-state index contributed by atoms with van der Waals surface area (Å²) in [5.74, 6) is 0. The monoisotopic (exact) mass is 880 g/mol. The number of para-hydroxylation sites is 4. The first-order chi connectivity index (χ1) is 34.2. The number of benzene rings is 11. The lowest BCUT2D eigenvalue weighted by atomic mass is 9.93. The van der Waals surface area contributed by atoms with E-state index in [4.69, 9.17) is 4.42 Å². The van der Waals surface area contributed by atoms with Crippen molar-refractivity contribution in [3.05, 3.63) is 267 Å². The van der Waals surface area contributed by atoms with E-state index in [9.17, 15) is 0 Å². The smallest absolute Gasteiger partial charge is 0.136 e. The molecule has 3 heteroatoms. The lowest BCUT2D eigenvalue weighted by Gasteiger charge is -2.29. The zero-order valence-electron chi connectivity index (χ0n) is 37.7. The molecule has 11 aromatic carbocycles. The van der Waals surface area contributed by atoms with Gasteiger partial charge < -0.3 is 13.9 Å². The molecule has 2 heterocycles. The van der Waals surface area contributed by atoms with Crippen molar-refractivity contribution in [3.63, 3.8) is 0 Å². The minimum atomic E-state index is 0.893. The Labute approximate surface area is 401 Å². The Bertz CT molecular complexity index is 3960. The van der Waals surface area contributed by atoms with Gasteiger partial charge >= 0.3 is 0 Å². The molecule has 0 saturated carbocycles. The van der Waals surface area contributed by atoms with E-state index in [1.54, 1.807) is 0 Å². The Morgan fingerprint density at radius 2 is 0.754 bits per heavy atom. The summed E-state index contributed by atoms with van der Waals surface area (Å²) in [6.45, 7) is 0. The predicted molar refractivity (Wildman–Crippen MR) is 290 cm³/mol. The summed E-state index contributed by atoms with van der Waals surface area (Å²) >= 11 is 0. The Kier molecular flexibility index (Phi) is 9.84. The minimum Gasteiger partial charge on any atom is -0.456 e. The fourth-order valence-corrected chi connectivity index (χ4v) is 10.3. The second kappa shape index (κ2) is 16.9. The molecule has 0 aliphatic rings. The maximum atomic E-state index is 6.29. The van der Waals surface area contributed by atoms with Crippen molar-refractivity contribution in [2.24, 2.45) is 0 Å². The molecule has 0 saturated heterocycles. The molecule has 324 valence electrons. The highest BCUT2D eigenvalue weighted by Gasteiger charge is 2.20. The third-order valence-corrected chi connectivity index (χ3v) is 13.6. The summed E-state index contributed by atoms with van der Waals surface area (Å²) in [5, 5.41) is 4.79. The quantitative estimate of drug-likeness (QED) is 0.144. The van der Waals surface area contributed by atoms with E-state index in [1.807, 2.05) is 12.1 Å². The van der Waals surface area contributed by atoms with Crippen molar-refractivity contribution in [2.75, 3.05) is 4.90 Å². The van der Waals surface area contributed by atoms with Gasteiger partial charge in [0.25, 0.3) is 0 Å². The van der Waals surface area contributed by atoms with Gasteiger partial charge in [0.2, 0.25) is 0 Å². The first-order valence-corrected chi connectivity index (χ1v) is 23.6. The van der Waals surface area contributed by atoms with Crippen molar-refractivity contribution in [1.82, 2.24) is 4.57 Å². The first kappa shape index (κ1) is 40.1. The summed E-state index contributed by atoms with van der Waals surface area (Å²) < 4.78 is 8.68. The van der Waals surface area contributed by atoms with E-state index in [-0.39, 0.29) is 0 Å². The Morgan fingerprint density at radius 3 is 1.45 bits per heavy atom. The number of anilines is 3. The highest BCUT2D eigenvalue weighted by molar-refractivity contribution is 6.09. The van der Waals surface area contributed by atoms with Gasteiger partial charge in [-0.15, -0.1) is 0 Å². The fraction of sp³-hybridized carbons (Fsp3) is 0. The zero-order valence-corrected chi connectivity index (χ0v) is 37.7. The summed E-state index contributed by atoms with van der Waals surface area (Å²) in [5.41, 5.74) is 20.2. The van der Waals surface area contributed by atoms with Gasteiger partial charge in [0.15, 0.2) is 0 Å². The zero-order chi connectivity index (χ0) is 45.7. The standard InChI is InChI=1S/C66H44N2O/c1-2-16-47(17-3-1)55-22-4-5-23-56(55)57-24-6-10-28-62(57)67(53-39-34-46(35-40-53)51-36-41-61-60-27-9-13-31-65(60)69-66(61)44-51)52-37-32-45(33-38-52)48-18-14-19-49(42-48)50-20-15-21-54(43-50)68-63-29-11-7-25-58(63)59-26-8-12-30-64(59)68/h1-44H. The van der Waals surface area contributed by atoms with Gasteiger partial charge in [0.1, 0.15) is 11.2 Å². The van der Waals surface area contributed by atoms with Crippen LogP contribution in [-0.4, -0.2) is 4.57 Å². The van der Waals surface area contributed by atoms with Crippen LogP contribution in [0.15, 0.2) is 271 Å². The van der Waals surface area contributed by atoms with E-state index in [0.29, 0.717) is 0 Å². The minimum absolute atomic E-state index is 0.893. The van der Waals surface area contributed by atoms with E-state index < -0.39 is 0 Å². The van der Waals surface area contributed by atoms with Crippen LogP contribution in [0.1, 0.15) is 0 Å². The molecule has 13 aromatic rings. The van der Waals surface area contributed by atoms with Crippen LogP contribution in [0.25, 0.3) is 105 Å². The third kappa shape index (κ3) is 7.16. The first-order valence-electron chi connectivity index (χ1n) is 23.6.